The molecule has 2 aromatic rings. The first-order chi connectivity index (χ1) is 8.50. The van der Waals surface area contributed by atoms with Gasteiger partial charge in [0, 0.05) is 24.5 Å². The first-order valence-electron chi connectivity index (χ1n) is 5.68. The molecule has 1 heterocycles. The molecule has 3 nitrogen and oxygen atoms in total. The van der Waals surface area contributed by atoms with E-state index < -0.39 is 0 Å². The van der Waals surface area contributed by atoms with Crippen LogP contribution >= 0.6 is 27.5 Å². The van der Waals surface area contributed by atoms with E-state index in [1.807, 2.05) is 42.9 Å². The molecule has 0 spiro atoms. The molecule has 0 radical (unpaired) electrons. The Hall–Kier alpha value is -0.840. The van der Waals surface area contributed by atoms with E-state index in [-0.39, 0.29) is 6.04 Å². The molecule has 5 heteroatoms. The Morgan fingerprint density at radius 3 is 2.67 bits per heavy atom. The predicted octanol–water partition coefficient (Wildman–Crippen LogP) is 3.39. The van der Waals surface area contributed by atoms with Gasteiger partial charge in [0.15, 0.2) is 0 Å². The topological polar surface area (TPSA) is 43.8 Å². The minimum atomic E-state index is -0.134. The highest BCUT2D eigenvalue weighted by Crippen LogP contribution is 2.27. The summed E-state index contributed by atoms with van der Waals surface area (Å²) in [6, 6.07) is 7.54. The molecule has 18 heavy (non-hydrogen) atoms. The zero-order chi connectivity index (χ0) is 13.3. The first kappa shape index (κ1) is 13.6. The van der Waals surface area contributed by atoms with Gasteiger partial charge in [-0.15, -0.1) is 0 Å². The Bertz CT molecular complexity index is 565. The molecule has 2 rings (SSSR count). The van der Waals surface area contributed by atoms with E-state index in [0.29, 0.717) is 11.4 Å². The molecular weight excluding hydrogens is 314 g/mol. The number of rotatable bonds is 3. The summed E-state index contributed by atoms with van der Waals surface area (Å²) in [6.07, 6.45) is 0.696. The second-order valence-electron chi connectivity index (χ2n) is 4.30. The molecule has 1 unspecified atom stereocenters. The second-order valence-corrected chi connectivity index (χ2v) is 5.50. The van der Waals surface area contributed by atoms with E-state index in [1.54, 1.807) is 0 Å². The minimum Gasteiger partial charge on any atom is -0.324 e. The van der Waals surface area contributed by atoms with E-state index in [4.69, 9.17) is 17.3 Å². The number of nitrogens with two attached hydrogens (primary N) is 1. The molecule has 0 aliphatic rings. The van der Waals surface area contributed by atoms with Crippen molar-refractivity contribution in [3.63, 3.8) is 0 Å². The monoisotopic (exact) mass is 327 g/mol. The molecule has 1 atom stereocenters. The number of aryl methyl sites for hydroxylation is 2. The molecule has 0 bridgehead atoms. The van der Waals surface area contributed by atoms with E-state index in [0.717, 1.165) is 21.4 Å². The van der Waals surface area contributed by atoms with Crippen LogP contribution in [-0.2, 0) is 13.5 Å². The van der Waals surface area contributed by atoms with Gasteiger partial charge in [0.2, 0.25) is 0 Å². The highest BCUT2D eigenvalue weighted by Gasteiger charge is 2.16. The maximum atomic E-state index is 6.23. The predicted molar refractivity (Wildman–Crippen MR) is 77.7 cm³/mol. The quantitative estimate of drug-likeness (QED) is 0.938. The summed E-state index contributed by atoms with van der Waals surface area (Å²) in [4.78, 5) is 0. The van der Waals surface area contributed by atoms with Crippen molar-refractivity contribution in [3.8, 4) is 0 Å². The van der Waals surface area contributed by atoms with Crippen LogP contribution in [0.15, 0.2) is 28.7 Å². The molecule has 0 fully saturated rings. The van der Waals surface area contributed by atoms with Crippen LogP contribution in [0.25, 0.3) is 0 Å². The van der Waals surface area contributed by atoms with Crippen LogP contribution < -0.4 is 5.73 Å². The number of hydrogen-bond acceptors (Lipinski definition) is 2. The fourth-order valence-corrected chi connectivity index (χ4v) is 2.77. The average molecular weight is 329 g/mol. The van der Waals surface area contributed by atoms with Gasteiger partial charge in [-0.2, -0.15) is 5.10 Å². The molecule has 1 aromatic heterocycles. The molecule has 0 aliphatic carbocycles. The van der Waals surface area contributed by atoms with Crippen LogP contribution in [0.3, 0.4) is 0 Å². The van der Waals surface area contributed by atoms with E-state index in [2.05, 4.69) is 21.0 Å². The van der Waals surface area contributed by atoms with Crippen molar-refractivity contribution < 1.29 is 0 Å². The molecule has 96 valence electrons. The minimum absolute atomic E-state index is 0.134. The Morgan fingerprint density at radius 1 is 1.44 bits per heavy atom. The third kappa shape index (κ3) is 2.60. The number of benzene rings is 1. The Kier molecular flexibility index (Phi) is 4.10. The van der Waals surface area contributed by atoms with Gasteiger partial charge in [-0.05, 0) is 34.5 Å². The number of halogens is 2. The van der Waals surface area contributed by atoms with Crippen molar-refractivity contribution in [2.45, 2.75) is 19.4 Å². The number of nitrogens with zero attached hydrogens (tertiary/aromatic N) is 2. The third-order valence-electron chi connectivity index (χ3n) is 2.98. The van der Waals surface area contributed by atoms with E-state index >= 15 is 0 Å². The van der Waals surface area contributed by atoms with Gasteiger partial charge in [-0.25, -0.2) is 0 Å². The Morgan fingerprint density at radius 2 is 2.11 bits per heavy atom. The molecule has 1 aromatic carbocycles. The van der Waals surface area contributed by atoms with Crippen LogP contribution in [0.1, 0.15) is 23.0 Å². The van der Waals surface area contributed by atoms with Gasteiger partial charge >= 0.3 is 0 Å². The van der Waals surface area contributed by atoms with Crippen molar-refractivity contribution in [1.82, 2.24) is 9.78 Å². The van der Waals surface area contributed by atoms with Crippen molar-refractivity contribution in [2.75, 3.05) is 0 Å². The summed E-state index contributed by atoms with van der Waals surface area (Å²) < 4.78 is 2.88. The summed E-state index contributed by atoms with van der Waals surface area (Å²) in [5.41, 5.74) is 9.25. The number of aromatic nitrogens is 2. The van der Waals surface area contributed by atoms with Gasteiger partial charge < -0.3 is 5.73 Å². The molecule has 2 N–H and O–H groups in total. The first-order valence-corrected chi connectivity index (χ1v) is 6.85. The van der Waals surface area contributed by atoms with Gasteiger partial charge in [-0.3, -0.25) is 4.68 Å². The summed E-state index contributed by atoms with van der Waals surface area (Å²) in [5, 5.41) is 5.07. The van der Waals surface area contributed by atoms with Gasteiger partial charge in [0.25, 0.3) is 0 Å². The van der Waals surface area contributed by atoms with Crippen molar-refractivity contribution >= 4 is 27.5 Å². The van der Waals surface area contributed by atoms with Crippen molar-refractivity contribution in [1.29, 1.82) is 0 Å². The summed E-state index contributed by atoms with van der Waals surface area (Å²) in [6.45, 7) is 1.97. The van der Waals surface area contributed by atoms with Crippen LogP contribution in [0.2, 0.25) is 5.02 Å². The maximum absolute atomic E-state index is 6.23. The summed E-state index contributed by atoms with van der Waals surface area (Å²) in [7, 11) is 1.92. The molecule has 0 amide bonds. The molecule has 0 saturated heterocycles. The third-order valence-corrected chi connectivity index (χ3v) is 4.36. The Balaban J connectivity index is 2.27. The standard InChI is InChI=1S/C13H15BrClN3/c1-8-13(14)12(18(2)17-8)7-11(16)9-5-3-4-6-10(9)15/h3-6,11H,7,16H2,1-2H3. The van der Waals surface area contributed by atoms with E-state index in [1.165, 1.54) is 0 Å². The van der Waals surface area contributed by atoms with Gasteiger partial charge in [0.05, 0.1) is 15.9 Å². The number of hydrogen-bond donors (Lipinski definition) is 1. The second kappa shape index (κ2) is 5.43. The maximum Gasteiger partial charge on any atom is 0.0738 e. The lowest BCUT2D eigenvalue weighted by Gasteiger charge is -2.14. The lowest BCUT2D eigenvalue weighted by molar-refractivity contribution is 0.638. The van der Waals surface area contributed by atoms with Gasteiger partial charge in [-0.1, -0.05) is 29.8 Å². The average Bonchev–Trinajstić information content (AvgIpc) is 2.56. The SMILES string of the molecule is Cc1nn(C)c(CC(N)c2ccccc2Cl)c1Br. The highest BCUT2D eigenvalue weighted by atomic mass is 79.9. The highest BCUT2D eigenvalue weighted by molar-refractivity contribution is 9.10. The smallest absolute Gasteiger partial charge is 0.0738 e. The summed E-state index contributed by atoms with van der Waals surface area (Å²) >= 11 is 9.70. The van der Waals surface area contributed by atoms with Crippen LogP contribution in [0.4, 0.5) is 0 Å². The zero-order valence-corrected chi connectivity index (χ0v) is 12.7. The van der Waals surface area contributed by atoms with Crippen molar-refractivity contribution in [2.24, 2.45) is 12.8 Å². The Labute approximate surface area is 120 Å². The normalized spacial score (nSPS) is 12.7. The van der Waals surface area contributed by atoms with Gasteiger partial charge in [0.1, 0.15) is 0 Å². The molecular formula is C13H15BrClN3. The lowest BCUT2D eigenvalue weighted by Crippen LogP contribution is -2.16. The van der Waals surface area contributed by atoms with E-state index in [9.17, 15) is 0 Å². The van der Waals surface area contributed by atoms with Crippen LogP contribution in [0.5, 0.6) is 0 Å². The lowest BCUT2D eigenvalue weighted by atomic mass is 10.0. The van der Waals surface area contributed by atoms with Crippen molar-refractivity contribution in [3.05, 3.63) is 50.7 Å². The fourth-order valence-electron chi connectivity index (χ4n) is 2.00. The molecule has 0 aliphatic heterocycles. The summed E-state index contributed by atoms with van der Waals surface area (Å²) in [5.74, 6) is 0. The largest absolute Gasteiger partial charge is 0.324 e. The van der Waals surface area contributed by atoms with Crippen LogP contribution in [0, 0.1) is 6.92 Å². The van der Waals surface area contributed by atoms with Crippen LogP contribution in [-0.4, -0.2) is 9.78 Å². The molecule has 0 saturated carbocycles. The fraction of sp³-hybridized carbons (Fsp3) is 0.308. The zero-order valence-electron chi connectivity index (χ0n) is 10.3.